The van der Waals surface area contributed by atoms with Crippen molar-refractivity contribution in [1.82, 2.24) is 15.0 Å². The van der Waals surface area contributed by atoms with Crippen LogP contribution in [0.3, 0.4) is 0 Å². The number of aromatic nitrogens is 2. The van der Waals surface area contributed by atoms with Crippen LogP contribution in [0.4, 0.5) is 0 Å². The Bertz CT molecular complexity index is 755. The Morgan fingerprint density at radius 2 is 2.28 bits per heavy atom. The Morgan fingerprint density at radius 1 is 1.48 bits per heavy atom. The Hall–Kier alpha value is -1.73. The third-order valence-electron chi connectivity index (χ3n) is 6.03. The van der Waals surface area contributed by atoms with Crippen molar-refractivity contribution in [2.75, 3.05) is 6.61 Å². The highest BCUT2D eigenvalue weighted by Gasteiger charge is 2.68. The molecule has 2 fully saturated rings. The molecule has 2 atom stereocenters. The molecule has 2 saturated carbocycles. The molecule has 7 heteroatoms. The highest BCUT2D eigenvalue weighted by molar-refractivity contribution is 5.87. The molecule has 2 unspecified atom stereocenters. The molecule has 1 amide bonds. The number of hydrogen-bond donors (Lipinski definition) is 2. The van der Waals surface area contributed by atoms with E-state index in [4.69, 9.17) is 15.6 Å². The van der Waals surface area contributed by atoms with E-state index >= 15 is 0 Å². The molecular formula is C18H26N4O3. The molecule has 2 heterocycles. The van der Waals surface area contributed by atoms with Gasteiger partial charge in [0.05, 0.1) is 30.0 Å². The summed E-state index contributed by atoms with van der Waals surface area (Å²) in [5.41, 5.74) is 4.20. The molecule has 7 nitrogen and oxygen atoms in total. The van der Waals surface area contributed by atoms with Crippen molar-refractivity contribution in [3.8, 4) is 0 Å². The third-order valence-corrected chi connectivity index (χ3v) is 6.03. The van der Waals surface area contributed by atoms with Gasteiger partial charge in [-0.3, -0.25) is 15.0 Å². The summed E-state index contributed by atoms with van der Waals surface area (Å²) in [5, 5.41) is 0. The summed E-state index contributed by atoms with van der Waals surface area (Å²) in [4.78, 5) is 30.3. The summed E-state index contributed by atoms with van der Waals surface area (Å²) in [6, 6.07) is 0. The van der Waals surface area contributed by atoms with E-state index in [0.717, 1.165) is 43.5 Å². The van der Waals surface area contributed by atoms with Gasteiger partial charge in [-0.25, -0.2) is 10.8 Å². The van der Waals surface area contributed by atoms with Gasteiger partial charge >= 0.3 is 0 Å². The molecule has 0 radical (unpaired) electrons. The number of nitrogens with one attached hydrogen (secondary N) is 1. The SMILES string of the molecule is CCCCn1c2c(nc(C3CC3(C(=O)NN)C3CC3)c1=O)CCOC2. The highest BCUT2D eigenvalue weighted by Crippen LogP contribution is 2.69. The minimum absolute atomic E-state index is 0.0463. The molecule has 3 N–H and O–H groups in total. The standard InChI is InChI=1S/C18H26N4O3/c1-2-3-7-22-14-10-25-8-6-13(14)20-15(16(22)23)12-9-18(12,11-4-5-11)17(24)21-19/h11-12H,2-10,19H2,1H3,(H,21,24). The molecule has 1 aliphatic heterocycles. The molecule has 0 aromatic carbocycles. The van der Waals surface area contributed by atoms with E-state index in [1.54, 1.807) is 0 Å². The smallest absolute Gasteiger partial charge is 0.272 e. The van der Waals surface area contributed by atoms with E-state index < -0.39 is 5.41 Å². The molecule has 25 heavy (non-hydrogen) atoms. The number of nitrogens with zero attached hydrogens (tertiary/aromatic N) is 2. The van der Waals surface area contributed by atoms with Gasteiger partial charge in [-0.1, -0.05) is 13.3 Å². The van der Waals surface area contributed by atoms with Crippen LogP contribution in [0.25, 0.3) is 0 Å². The Labute approximate surface area is 146 Å². The number of nitrogens with two attached hydrogens (primary N) is 1. The Balaban J connectivity index is 1.75. The van der Waals surface area contributed by atoms with Crippen molar-refractivity contribution in [2.24, 2.45) is 17.2 Å². The van der Waals surface area contributed by atoms with Crippen LogP contribution in [0, 0.1) is 11.3 Å². The van der Waals surface area contributed by atoms with Crippen molar-refractivity contribution in [3.63, 3.8) is 0 Å². The van der Waals surface area contributed by atoms with Gasteiger partial charge in [0, 0.05) is 18.9 Å². The van der Waals surface area contributed by atoms with Gasteiger partial charge in [0.15, 0.2) is 0 Å². The van der Waals surface area contributed by atoms with Crippen molar-refractivity contribution >= 4 is 5.91 Å². The van der Waals surface area contributed by atoms with E-state index in [2.05, 4.69) is 12.3 Å². The predicted octanol–water partition coefficient (Wildman–Crippen LogP) is 0.990. The lowest BCUT2D eigenvalue weighted by molar-refractivity contribution is -0.127. The molecular weight excluding hydrogens is 320 g/mol. The largest absolute Gasteiger partial charge is 0.375 e. The average Bonchev–Trinajstić information content (AvgIpc) is 3.53. The van der Waals surface area contributed by atoms with Crippen LogP contribution in [-0.4, -0.2) is 22.1 Å². The number of ether oxygens (including phenoxy) is 1. The second kappa shape index (κ2) is 6.21. The summed E-state index contributed by atoms with van der Waals surface area (Å²) >= 11 is 0. The van der Waals surface area contributed by atoms with Crippen LogP contribution >= 0.6 is 0 Å². The summed E-state index contributed by atoms with van der Waals surface area (Å²) in [6.45, 7) is 3.87. The minimum Gasteiger partial charge on any atom is -0.375 e. The van der Waals surface area contributed by atoms with E-state index in [1.807, 2.05) is 4.57 Å². The molecule has 0 bridgehead atoms. The van der Waals surface area contributed by atoms with Crippen molar-refractivity contribution in [3.05, 3.63) is 27.4 Å². The second-order valence-corrected chi connectivity index (χ2v) is 7.55. The Morgan fingerprint density at radius 3 is 2.96 bits per heavy atom. The molecule has 0 spiro atoms. The van der Waals surface area contributed by atoms with Gasteiger partial charge in [-0.05, 0) is 31.6 Å². The lowest BCUT2D eigenvalue weighted by Gasteiger charge is -2.22. The van der Waals surface area contributed by atoms with E-state index in [1.165, 1.54) is 0 Å². The first-order valence-corrected chi connectivity index (χ1v) is 9.34. The van der Waals surface area contributed by atoms with Gasteiger partial charge in [0.2, 0.25) is 5.91 Å². The molecule has 3 aliphatic rings. The first-order valence-electron chi connectivity index (χ1n) is 9.34. The number of fused-ring (bicyclic) bond motifs is 1. The number of carbonyl (C=O) groups is 1. The molecule has 136 valence electrons. The maximum atomic E-state index is 13.2. The van der Waals surface area contributed by atoms with Crippen LogP contribution in [0.5, 0.6) is 0 Å². The van der Waals surface area contributed by atoms with E-state index in [9.17, 15) is 9.59 Å². The van der Waals surface area contributed by atoms with Gasteiger partial charge < -0.3 is 9.30 Å². The van der Waals surface area contributed by atoms with Crippen molar-refractivity contribution in [2.45, 2.75) is 64.5 Å². The first-order chi connectivity index (χ1) is 12.1. The van der Waals surface area contributed by atoms with Crippen LogP contribution in [0.15, 0.2) is 4.79 Å². The van der Waals surface area contributed by atoms with Crippen molar-refractivity contribution < 1.29 is 9.53 Å². The van der Waals surface area contributed by atoms with Gasteiger partial charge in [0.25, 0.3) is 5.56 Å². The average molecular weight is 346 g/mol. The quantitative estimate of drug-likeness (QED) is 0.455. The predicted molar refractivity (Wildman–Crippen MR) is 91.6 cm³/mol. The fourth-order valence-electron chi connectivity index (χ4n) is 4.39. The number of unbranched alkanes of at least 4 members (excludes halogenated alkanes) is 1. The van der Waals surface area contributed by atoms with Crippen LogP contribution in [0.2, 0.25) is 0 Å². The molecule has 2 aliphatic carbocycles. The second-order valence-electron chi connectivity index (χ2n) is 7.55. The molecule has 1 aromatic heterocycles. The van der Waals surface area contributed by atoms with E-state index in [-0.39, 0.29) is 17.4 Å². The van der Waals surface area contributed by atoms with E-state index in [0.29, 0.717) is 37.8 Å². The Kier molecular flexibility index (Phi) is 4.16. The summed E-state index contributed by atoms with van der Waals surface area (Å²) in [7, 11) is 0. The van der Waals surface area contributed by atoms with Crippen molar-refractivity contribution in [1.29, 1.82) is 0 Å². The van der Waals surface area contributed by atoms with Crippen LogP contribution in [0.1, 0.15) is 62.0 Å². The van der Waals surface area contributed by atoms with Crippen LogP contribution in [-0.2, 0) is 29.1 Å². The molecule has 0 saturated heterocycles. The topological polar surface area (TPSA) is 99.2 Å². The number of hydrazine groups is 1. The number of amides is 1. The fraction of sp³-hybridized carbons (Fsp3) is 0.722. The molecule has 4 rings (SSSR count). The zero-order valence-corrected chi connectivity index (χ0v) is 14.7. The molecule has 1 aromatic rings. The zero-order chi connectivity index (χ0) is 17.6. The summed E-state index contributed by atoms with van der Waals surface area (Å²) < 4.78 is 7.40. The maximum absolute atomic E-state index is 13.2. The minimum atomic E-state index is -0.511. The van der Waals surface area contributed by atoms with Gasteiger partial charge in [0.1, 0.15) is 5.69 Å². The number of rotatable bonds is 6. The monoisotopic (exact) mass is 346 g/mol. The normalized spacial score (nSPS) is 27.7. The lowest BCUT2D eigenvalue weighted by Crippen LogP contribution is -2.40. The van der Waals surface area contributed by atoms with Gasteiger partial charge in [-0.2, -0.15) is 0 Å². The fourth-order valence-corrected chi connectivity index (χ4v) is 4.39. The van der Waals surface area contributed by atoms with Gasteiger partial charge in [-0.15, -0.1) is 0 Å². The lowest BCUT2D eigenvalue weighted by atomic mass is 9.94. The van der Waals surface area contributed by atoms with Crippen LogP contribution < -0.4 is 16.8 Å². The highest BCUT2D eigenvalue weighted by atomic mass is 16.5. The summed E-state index contributed by atoms with van der Waals surface area (Å²) in [5.74, 6) is 5.53. The summed E-state index contributed by atoms with van der Waals surface area (Å²) in [6.07, 6.45) is 5.44. The number of hydrogen-bond acceptors (Lipinski definition) is 5. The zero-order valence-electron chi connectivity index (χ0n) is 14.7. The first kappa shape index (κ1) is 16.7. The third kappa shape index (κ3) is 2.60. The number of carbonyl (C=O) groups excluding carboxylic acids is 1. The maximum Gasteiger partial charge on any atom is 0.272 e.